The quantitative estimate of drug-likeness (QED) is 0.133. The average molecular weight is 634 g/mol. The highest BCUT2D eigenvalue weighted by molar-refractivity contribution is 6.38. The Kier molecular flexibility index (Phi) is 16.0. The van der Waals surface area contributed by atoms with Crippen molar-refractivity contribution < 1.29 is 28.7 Å². The van der Waals surface area contributed by atoms with Gasteiger partial charge in [-0.2, -0.15) is 0 Å². The fraction of sp³-hybridized carbons (Fsp3) is 0.794. The Bertz CT molecular complexity index is 1010. The van der Waals surface area contributed by atoms with Gasteiger partial charge < -0.3 is 30.9 Å². The van der Waals surface area contributed by atoms with Crippen LogP contribution in [0.1, 0.15) is 105 Å². The van der Waals surface area contributed by atoms with Crippen LogP contribution in [0, 0.1) is 17.3 Å². The molecule has 2 aliphatic rings. The third-order valence-corrected chi connectivity index (χ3v) is 9.68. The molecule has 0 aromatic heterocycles. The summed E-state index contributed by atoms with van der Waals surface area (Å²) in [5.41, 5.74) is -0.472. The number of nitrogens with zero attached hydrogens (tertiary/aromatic N) is 1. The Morgan fingerprint density at radius 3 is 2.29 bits per heavy atom. The minimum atomic E-state index is -0.993. The van der Waals surface area contributed by atoms with Gasteiger partial charge in [-0.05, 0) is 49.4 Å². The van der Waals surface area contributed by atoms with Crippen molar-refractivity contribution in [2.45, 2.75) is 129 Å². The summed E-state index contributed by atoms with van der Waals surface area (Å²) < 4.78 is 5.23. The molecule has 5 amide bonds. The second-order valence-electron chi connectivity index (χ2n) is 13.4. The molecule has 1 aliphatic heterocycles. The highest BCUT2D eigenvalue weighted by Gasteiger charge is 2.49. The molecule has 1 saturated carbocycles. The molecule has 5 atom stereocenters. The first-order valence-electron chi connectivity index (χ1n) is 17.0. The summed E-state index contributed by atoms with van der Waals surface area (Å²) >= 11 is 0. The van der Waals surface area contributed by atoms with Crippen LogP contribution in [-0.4, -0.2) is 85.4 Å². The van der Waals surface area contributed by atoms with Crippen molar-refractivity contribution in [3.05, 3.63) is 12.7 Å². The third kappa shape index (κ3) is 10.8. The molecule has 45 heavy (non-hydrogen) atoms. The standard InChI is InChI=1S/C34H59N5O6/c1-8-11-15-26(28(40)31(42)35-20-9-2)36-30(41)27-24(10-3)16-21-39(27)32(43)29(34(6)18-13-12-14-19-34)38-33(44)37-25(23(4)5)17-22-45-7/h9,23-27,29H,2,8,10-22H2,1,3-7H3,(H,35,42)(H,36,41)(H2,37,38,44)/t24-,25+,26?,27?,29+/m0/s1. The van der Waals surface area contributed by atoms with Gasteiger partial charge in [0.05, 0.1) is 6.04 Å². The maximum absolute atomic E-state index is 14.5. The number of ether oxygens (including phenoxy) is 1. The second kappa shape index (κ2) is 18.9. The zero-order valence-corrected chi connectivity index (χ0v) is 28.5. The molecule has 11 heteroatoms. The molecule has 11 nitrogen and oxygen atoms in total. The van der Waals surface area contributed by atoms with Gasteiger partial charge in [0.2, 0.25) is 17.6 Å². The number of Topliss-reactive ketones (excluding diaryl/α,β-unsaturated/α-hetero) is 1. The summed E-state index contributed by atoms with van der Waals surface area (Å²) in [6.45, 7) is 14.7. The van der Waals surface area contributed by atoms with E-state index in [4.69, 9.17) is 4.74 Å². The van der Waals surface area contributed by atoms with Crippen molar-refractivity contribution in [2.75, 3.05) is 26.8 Å². The zero-order chi connectivity index (χ0) is 33.6. The fourth-order valence-electron chi connectivity index (χ4n) is 6.74. The summed E-state index contributed by atoms with van der Waals surface area (Å²) in [5.74, 6) is -2.13. The number of carbonyl (C=O) groups is 5. The van der Waals surface area contributed by atoms with Gasteiger partial charge in [0.15, 0.2) is 0 Å². The van der Waals surface area contributed by atoms with Crippen molar-refractivity contribution in [2.24, 2.45) is 17.3 Å². The van der Waals surface area contributed by atoms with E-state index in [0.717, 1.165) is 38.5 Å². The Morgan fingerprint density at radius 2 is 1.71 bits per heavy atom. The number of likely N-dealkylation sites (tertiary alicyclic amines) is 1. The van der Waals surface area contributed by atoms with E-state index in [9.17, 15) is 24.0 Å². The van der Waals surface area contributed by atoms with Crippen LogP contribution in [0.25, 0.3) is 0 Å². The van der Waals surface area contributed by atoms with E-state index in [-0.39, 0.29) is 30.3 Å². The highest BCUT2D eigenvalue weighted by Crippen LogP contribution is 2.41. The molecule has 0 aromatic carbocycles. The second-order valence-corrected chi connectivity index (χ2v) is 13.4. The minimum absolute atomic E-state index is 0.113. The summed E-state index contributed by atoms with van der Waals surface area (Å²) in [7, 11) is 1.63. The SMILES string of the molecule is C=CCNC(=O)C(=O)C(CCCC)NC(=O)C1[C@@H](CC)CCN1C(=O)[C@@H](NC(=O)N[C@H](CCOC)C(C)C)C1(C)CCCCC1. The zero-order valence-electron chi connectivity index (χ0n) is 28.5. The van der Waals surface area contributed by atoms with Gasteiger partial charge in [-0.1, -0.05) is 79.2 Å². The van der Waals surface area contributed by atoms with Crippen molar-refractivity contribution in [1.82, 2.24) is 26.2 Å². The van der Waals surface area contributed by atoms with Crippen LogP contribution >= 0.6 is 0 Å². The van der Waals surface area contributed by atoms with Gasteiger partial charge >= 0.3 is 6.03 Å². The molecule has 2 fully saturated rings. The molecule has 0 bridgehead atoms. The number of ketones is 1. The number of carbonyl (C=O) groups excluding carboxylic acids is 5. The van der Waals surface area contributed by atoms with Crippen LogP contribution in [0.4, 0.5) is 4.79 Å². The van der Waals surface area contributed by atoms with E-state index in [1.54, 1.807) is 12.0 Å². The Morgan fingerprint density at radius 1 is 1.02 bits per heavy atom. The summed E-state index contributed by atoms with van der Waals surface area (Å²) in [6.07, 6.45) is 9.77. The predicted octanol–water partition coefficient (Wildman–Crippen LogP) is 3.86. The van der Waals surface area contributed by atoms with Gasteiger partial charge in [-0.3, -0.25) is 19.2 Å². The molecule has 0 spiro atoms. The van der Waals surface area contributed by atoms with Crippen molar-refractivity contribution in [1.29, 1.82) is 0 Å². The smallest absolute Gasteiger partial charge is 0.315 e. The maximum Gasteiger partial charge on any atom is 0.315 e. The number of methoxy groups -OCH3 is 1. The lowest BCUT2D eigenvalue weighted by Gasteiger charge is -2.42. The van der Waals surface area contributed by atoms with Crippen molar-refractivity contribution in [3.8, 4) is 0 Å². The first-order valence-corrected chi connectivity index (χ1v) is 17.0. The van der Waals surface area contributed by atoms with Gasteiger partial charge in [0.25, 0.3) is 5.91 Å². The number of hydrogen-bond donors (Lipinski definition) is 4. The lowest BCUT2D eigenvalue weighted by molar-refractivity contribution is -0.145. The van der Waals surface area contributed by atoms with Crippen LogP contribution in [-0.2, 0) is 23.9 Å². The van der Waals surface area contributed by atoms with Crippen LogP contribution in [0.3, 0.4) is 0 Å². The number of urea groups is 1. The Labute approximate surface area is 270 Å². The monoisotopic (exact) mass is 633 g/mol. The molecule has 1 heterocycles. The van der Waals surface area contributed by atoms with Crippen molar-refractivity contribution in [3.63, 3.8) is 0 Å². The molecule has 4 N–H and O–H groups in total. The molecular formula is C34H59N5O6. The first kappa shape index (κ1) is 38.2. The van der Waals surface area contributed by atoms with E-state index in [2.05, 4.69) is 34.8 Å². The summed E-state index contributed by atoms with van der Waals surface area (Å²) in [5, 5.41) is 11.5. The number of rotatable bonds is 18. The first-order chi connectivity index (χ1) is 21.4. The largest absolute Gasteiger partial charge is 0.385 e. The molecule has 2 rings (SSSR count). The molecule has 1 saturated heterocycles. The number of hydrogen-bond acceptors (Lipinski definition) is 6. The average Bonchev–Trinajstić information content (AvgIpc) is 3.46. The number of nitrogens with one attached hydrogen (secondary N) is 4. The molecule has 0 radical (unpaired) electrons. The Balaban J connectivity index is 2.35. The fourth-order valence-corrected chi connectivity index (χ4v) is 6.74. The third-order valence-electron chi connectivity index (χ3n) is 9.68. The van der Waals surface area contributed by atoms with E-state index in [0.29, 0.717) is 45.3 Å². The molecule has 0 aromatic rings. The van der Waals surface area contributed by atoms with Crippen LogP contribution in [0.5, 0.6) is 0 Å². The number of unbranched alkanes of at least 4 members (excludes halogenated alkanes) is 1. The summed E-state index contributed by atoms with van der Waals surface area (Å²) in [6, 6.07) is -3.15. The van der Waals surface area contributed by atoms with Crippen LogP contribution in [0.2, 0.25) is 0 Å². The van der Waals surface area contributed by atoms with Gasteiger partial charge in [0, 0.05) is 32.8 Å². The van der Waals surface area contributed by atoms with Gasteiger partial charge in [-0.25, -0.2) is 4.79 Å². The van der Waals surface area contributed by atoms with E-state index < -0.39 is 47.2 Å². The minimum Gasteiger partial charge on any atom is -0.385 e. The highest BCUT2D eigenvalue weighted by atomic mass is 16.5. The van der Waals surface area contributed by atoms with E-state index in [1.165, 1.54) is 6.08 Å². The van der Waals surface area contributed by atoms with Gasteiger partial charge in [0.1, 0.15) is 12.1 Å². The predicted molar refractivity (Wildman–Crippen MR) is 175 cm³/mol. The summed E-state index contributed by atoms with van der Waals surface area (Å²) in [4.78, 5) is 69.1. The normalized spacial score (nSPS) is 21.4. The van der Waals surface area contributed by atoms with E-state index in [1.807, 2.05) is 27.7 Å². The molecule has 2 unspecified atom stereocenters. The molecular weight excluding hydrogens is 574 g/mol. The van der Waals surface area contributed by atoms with E-state index >= 15 is 0 Å². The molecule has 256 valence electrons. The number of amides is 5. The molecule has 1 aliphatic carbocycles. The lowest BCUT2D eigenvalue weighted by Crippen LogP contribution is -2.62. The van der Waals surface area contributed by atoms with Crippen LogP contribution in [0.15, 0.2) is 12.7 Å². The topological polar surface area (TPSA) is 146 Å². The lowest BCUT2D eigenvalue weighted by atomic mass is 9.70. The van der Waals surface area contributed by atoms with Crippen LogP contribution < -0.4 is 21.3 Å². The Hall–Kier alpha value is -2.95. The van der Waals surface area contributed by atoms with Crippen molar-refractivity contribution >= 4 is 29.5 Å². The maximum atomic E-state index is 14.5. The van der Waals surface area contributed by atoms with Gasteiger partial charge in [-0.15, -0.1) is 6.58 Å².